The van der Waals surface area contributed by atoms with E-state index in [1.54, 1.807) is 30.5 Å². The van der Waals surface area contributed by atoms with Crippen LogP contribution in [0, 0.1) is 34.9 Å². The van der Waals surface area contributed by atoms with Gasteiger partial charge in [-0.1, -0.05) is 18.1 Å². The van der Waals surface area contributed by atoms with Crippen LogP contribution in [-0.2, 0) is 9.59 Å². The summed E-state index contributed by atoms with van der Waals surface area (Å²) in [5.74, 6) is 1.46. The van der Waals surface area contributed by atoms with Crippen LogP contribution in [0.2, 0.25) is 0 Å². The number of benzene rings is 3. The van der Waals surface area contributed by atoms with Crippen LogP contribution in [0.1, 0.15) is 90.5 Å². The maximum atomic E-state index is 17.2. The molecule has 2 bridgehead atoms. The number of amides is 4. The highest BCUT2D eigenvalue weighted by Crippen LogP contribution is 2.54. The van der Waals surface area contributed by atoms with Crippen LogP contribution in [0.15, 0.2) is 54.7 Å². The fraction of sp³-hybridized carbons (Fsp3) is 0.482. The van der Waals surface area contributed by atoms with Crippen molar-refractivity contribution in [3.8, 4) is 35.4 Å². The molecular formula is C56H59FN10O6. The number of pyridine rings is 1. The number of terminal acetylenes is 1. The Kier molecular flexibility index (Phi) is 11.2. The Balaban J connectivity index is 0.624. The molecule has 16 nitrogen and oxygen atoms in total. The van der Waals surface area contributed by atoms with Gasteiger partial charge in [0.25, 0.3) is 11.8 Å². The summed E-state index contributed by atoms with van der Waals surface area (Å²) in [6, 6.07) is 13.8. The van der Waals surface area contributed by atoms with Gasteiger partial charge in [0.05, 0.1) is 23.1 Å². The second-order valence-corrected chi connectivity index (χ2v) is 22.4. The number of hydrogen-bond acceptors (Lipinski definition) is 14. The van der Waals surface area contributed by atoms with Crippen LogP contribution in [0.4, 0.5) is 15.9 Å². The molecule has 3 atom stereocenters. The van der Waals surface area contributed by atoms with Crippen molar-refractivity contribution < 1.29 is 33.4 Å². The monoisotopic (exact) mass is 986 g/mol. The van der Waals surface area contributed by atoms with Crippen LogP contribution in [0.25, 0.3) is 32.9 Å². The van der Waals surface area contributed by atoms with Gasteiger partial charge in [-0.2, -0.15) is 9.97 Å². The summed E-state index contributed by atoms with van der Waals surface area (Å²) in [4.78, 5) is 76.1. The molecule has 376 valence electrons. The van der Waals surface area contributed by atoms with Crippen LogP contribution in [0.3, 0.4) is 0 Å². The number of ether oxygens (including phenoxy) is 1. The van der Waals surface area contributed by atoms with E-state index in [0.29, 0.717) is 74.3 Å². The maximum absolute atomic E-state index is 17.2. The normalized spacial score (nSPS) is 24.8. The standard InChI is InChI=1S/C56H59FN10O6/c1-2-34-4-3-5-35-22-39(68)24-42(46(34)35)48-47(57)49-43(27-58-48)50(66-29-36-6-7-37(30-66)59-36)62-54(61-49)73-32-56(12-13-56)31-64-16-14-55(15-17-64)25-33(26-55)28-63-18-20-65(21-19-63)38-8-9-40-41(23-38)53(72)67(52(40)71)44-10-11-45(69)60-51(44)70/h1,3-5,8-9,22-24,27,33,36-37,44,59,68H,6-7,10-21,25-26,28-32H2,(H,60,69,70). The lowest BCUT2D eigenvalue weighted by Crippen LogP contribution is -2.54. The van der Waals surface area contributed by atoms with Crippen molar-refractivity contribution in [3.05, 3.63) is 77.2 Å². The van der Waals surface area contributed by atoms with Gasteiger partial charge in [-0.05, 0) is 124 Å². The minimum atomic E-state index is -0.974. The van der Waals surface area contributed by atoms with Gasteiger partial charge < -0.3 is 29.9 Å². The third-order valence-corrected chi connectivity index (χ3v) is 17.6. The zero-order valence-electron chi connectivity index (χ0n) is 40.9. The zero-order chi connectivity index (χ0) is 49.8. The number of anilines is 2. The highest BCUT2D eigenvalue weighted by atomic mass is 19.1. The Morgan fingerprint density at radius 2 is 1.60 bits per heavy atom. The largest absolute Gasteiger partial charge is 0.508 e. The van der Waals surface area contributed by atoms with Gasteiger partial charge in [0, 0.05) is 105 Å². The summed E-state index contributed by atoms with van der Waals surface area (Å²) in [5.41, 5.74) is 3.10. The van der Waals surface area contributed by atoms with Crippen LogP contribution in [0.5, 0.6) is 11.8 Å². The number of aromatic hydroxyl groups is 1. The van der Waals surface area contributed by atoms with Crippen molar-refractivity contribution in [2.75, 3.05) is 81.9 Å². The number of halogens is 1. The number of phenols is 1. The lowest BCUT2D eigenvalue weighted by molar-refractivity contribution is -0.136. The first-order valence-electron chi connectivity index (χ1n) is 26.2. The van der Waals surface area contributed by atoms with Gasteiger partial charge in [0.1, 0.15) is 28.8 Å². The smallest absolute Gasteiger partial charge is 0.319 e. The molecule has 3 N–H and O–H groups in total. The molecule has 1 spiro atoms. The summed E-state index contributed by atoms with van der Waals surface area (Å²) >= 11 is 0. The molecule has 0 radical (unpaired) electrons. The van der Waals surface area contributed by atoms with E-state index >= 15 is 4.39 Å². The molecule has 8 heterocycles. The van der Waals surface area contributed by atoms with Gasteiger partial charge in [-0.3, -0.25) is 39.3 Å². The molecule has 17 heteroatoms. The number of hydrogen-bond donors (Lipinski definition) is 3. The van der Waals surface area contributed by atoms with E-state index in [1.807, 2.05) is 18.2 Å². The number of aromatic nitrogens is 3. The first-order chi connectivity index (χ1) is 35.4. The Bertz CT molecular complexity index is 3160. The maximum Gasteiger partial charge on any atom is 0.319 e. The summed E-state index contributed by atoms with van der Waals surface area (Å²) in [5, 5.41) is 18.5. The quantitative estimate of drug-likeness (QED) is 0.112. The second-order valence-electron chi connectivity index (χ2n) is 22.4. The molecule has 8 aliphatic rings. The van der Waals surface area contributed by atoms with E-state index < -0.39 is 29.6 Å². The zero-order valence-corrected chi connectivity index (χ0v) is 40.9. The average molecular weight is 987 g/mol. The summed E-state index contributed by atoms with van der Waals surface area (Å²) in [7, 11) is 0. The van der Waals surface area contributed by atoms with E-state index in [9.17, 15) is 24.3 Å². The predicted molar refractivity (Wildman–Crippen MR) is 272 cm³/mol. The van der Waals surface area contributed by atoms with Crippen molar-refractivity contribution in [2.45, 2.75) is 82.3 Å². The fourth-order valence-corrected chi connectivity index (χ4v) is 13.5. The number of nitrogens with one attached hydrogen (secondary N) is 2. The van der Waals surface area contributed by atoms with Crippen molar-refractivity contribution in [2.24, 2.45) is 16.7 Å². The number of fused-ring (bicyclic) bond motifs is 5. The molecule has 2 saturated carbocycles. The first kappa shape index (κ1) is 46.1. The number of phenolic OH excluding ortho intramolecular Hbond substituents is 1. The molecular weight excluding hydrogens is 928 g/mol. The fourth-order valence-electron chi connectivity index (χ4n) is 13.5. The number of imide groups is 2. The number of nitrogens with zero attached hydrogens (tertiary/aromatic N) is 8. The molecule has 6 aliphatic heterocycles. The van der Waals surface area contributed by atoms with Gasteiger partial charge in [-0.25, -0.2) is 4.39 Å². The third-order valence-electron chi connectivity index (χ3n) is 17.6. The highest BCUT2D eigenvalue weighted by molar-refractivity contribution is 6.23. The van der Waals surface area contributed by atoms with Gasteiger partial charge >= 0.3 is 6.01 Å². The lowest BCUT2D eigenvalue weighted by atomic mass is 9.57. The number of carbonyl (C=O) groups excluding carboxylic acids is 4. The van der Waals surface area contributed by atoms with Crippen molar-refractivity contribution >= 4 is 56.8 Å². The van der Waals surface area contributed by atoms with E-state index in [-0.39, 0.29) is 47.1 Å². The number of likely N-dealkylation sites (tertiary alicyclic amines) is 1. The molecule has 3 aromatic carbocycles. The molecule has 3 unspecified atom stereocenters. The minimum Gasteiger partial charge on any atom is -0.508 e. The number of piperidine rings is 2. The van der Waals surface area contributed by atoms with Gasteiger partial charge in [0.15, 0.2) is 5.82 Å². The summed E-state index contributed by atoms with van der Waals surface area (Å²) < 4.78 is 23.7. The second kappa shape index (κ2) is 17.7. The Morgan fingerprint density at radius 1 is 0.836 bits per heavy atom. The Morgan fingerprint density at radius 3 is 2.34 bits per heavy atom. The van der Waals surface area contributed by atoms with Gasteiger partial charge in [0.2, 0.25) is 11.8 Å². The molecule has 13 rings (SSSR count). The topological polar surface area (TPSA) is 177 Å². The van der Waals surface area contributed by atoms with Gasteiger partial charge in [-0.15, -0.1) is 6.42 Å². The van der Waals surface area contributed by atoms with E-state index in [4.69, 9.17) is 21.1 Å². The Hall–Kier alpha value is -6.74. The molecule has 7 fully saturated rings. The molecule has 5 saturated heterocycles. The van der Waals surface area contributed by atoms with Crippen LogP contribution >= 0.6 is 0 Å². The third kappa shape index (κ3) is 8.31. The number of piperazine rings is 2. The lowest BCUT2D eigenvalue weighted by Gasteiger charge is -2.54. The van der Waals surface area contributed by atoms with E-state index in [1.165, 1.54) is 31.7 Å². The minimum absolute atomic E-state index is 0.00161. The molecule has 73 heavy (non-hydrogen) atoms. The van der Waals surface area contributed by atoms with Crippen molar-refractivity contribution in [1.29, 1.82) is 0 Å². The molecule has 4 amide bonds. The summed E-state index contributed by atoms with van der Waals surface area (Å²) in [6.45, 7) is 9.63. The Labute approximate surface area is 422 Å². The molecule has 5 aromatic rings. The SMILES string of the molecule is C#Cc1cccc2cc(O)cc(-c3ncc4c(N5CC6CCC(C5)N6)nc(OCC5(CN6CCC7(CC6)CC(CN6CCN(c8ccc9c(c8)C(=O)N(C8CCC(=O)NC8=O)C9=O)CC6)C7)CC5)nc4c3F)c12. The predicted octanol–water partition coefficient (Wildman–Crippen LogP) is 5.49. The van der Waals surface area contributed by atoms with Crippen LogP contribution in [-0.4, -0.2) is 149 Å². The highest BCUT2D eigenvalue weighted by Gasteiger charge is 2.50. The molecule has 2 aliphatic carbocycles. The van der Waals surface area contributed by atoms with Crippen molar-refractivity contribution in [1.82, 2.24) is 40.3 Å². The van der Waals surface area contributed by atoms with Crippen molar-refractivity contribution in [3.63, 3.8) is 0 Å². The average Bonchev–Trinajstić information content (AvgIpc) is 4.00. The molecule has 2 aromatic heterocycles. The van der Waals surface area contributed by atoms with Crippen LogP contribution < -0.4 is 25.2 Å². The van der Waals surface area contributed by atoms with E-state index in [2.05, 4.69) is 41.1 Å². The summed E-state index contributed by atoms with van der Waals surface area (Å²) in [6.07, 6.45) is 17.0. The number of rotatable bonds is 11. The first-order valence-corrected chi connectivity index (χ1v) is 26.2. The van der Waals surface area contributed by atoms with E-state index in [0.717, 1.165) is 102 Å². The number of carbonyl (C=O) groups is 4.